The Morgan fingerprint density at radius 1 is 1.45 bits per heavy atom. The van der Waals surface area contributed by atoms with Gasteiger partial charge < -0.3 is 5.32 Å². The monoisotopic (exact) mass is 145 g/mol. The van der Waals surface area contributed by atoms with E-state index in [1.807, 2.05) is 0 Å². The number of hydrogen-bond acceptors (Lipinski definition) is 1. The second-order valence-corrected chi connectivity index (χ2v) is 3.87. The average Bonchev–Trinajstić information content (AvgIpc) is 2.56. The Bertz CT molecular complexity index is 318. The van der Waals surface area contributed by atoms with Crippen molar-refractivity contribution in [3.05, 3.63) is 35.4 Å². The van der Waals surface area contributed by atoms with Crippen molar-refractivity contribution in [1.29, 1.82) is 0 Å². The Labute approximate surface area is 66.4 Å². The van der Waals surface area contributed by atoms with E-state index in [4.69, 9.17) is 0 Å². The van der Waals surface area contributed by atoms with Crippen LogP contribution in [0.15, 0.2) is 24.3 Å². The van der Waals surface area contributed by atoms with Crippen LogP contribution in [0.2, 0.25) is 0 Å². The van der Waals surface area contributed by atoms with Crippen molar-refractivity contribution < 1.29 is 0 Å². The third kappa shape index (κ3) is 0.596. The minimum absolute atomic E-state index is 0.420. The predicted molar refractivity (Wildman–Crippen MR) is 44.4 cm³/mol. The van der Waals surface area contributed by atoms with Gasteiger partial charge in [-0.1, -0.05) is 24.3 Å². The summed E-state index contributed by atoms with van der Waals surface area (Å²) in [6.45, 7) is 2.30. The number of benzene rings is 1. The largest absolute Gasteiger partial charge is 0.301 e. The predicted octanol–water partition coefficient (Wildman–Crippen LogP) is 1.65. The van der Waals surface area contributed by atoms with Gasteiger partial charge in [0.25, 0.3) is 0 Å². The molecular formula is C10H11N. The summed E-state index contributed by atoms with van der Waals surface area (Å²) >= 11 is 0. The Hall–Kier alpha value is -0.820. The van der Waals surface area contributed by atoms with Gasteiger partial charge in [0.1, 0.15) is 0 Å². The molecule has 1 heterocycles. The van der Waals surface area contributed by atoms with E-state index < -0.39 is 0 Å². The lowest BCUT2D eigenvalue weighted by atomic mass is 10.1. The van der Waals surface area contributed by atoms with Gasteiger partial charge in [-0.05, 0) is 24.5 Å². The second kappa shape index (κ2) is 1.51. The highest BCUT2D eigenvalue weighted by molar-refractivity contribution is 5.46. The zero-order chi connectivity index (χ0) is 7.47. The minimum Gasteiger partial charge on any atom is -0.301 e. The van der Waals surface area contributed by atoms with Crippen molar-refractivity contribution in [2.24, 2.45) is 0 Å². The maximum atomic E-state index is 3.50. The van der Waals surface area contributed by atoms with Crippen molar-refractivity contribution in [3.8, 4) is 0 Å². The molecule has 1 heteroatoms. The Morgan fingerprint density at radius 3 is 3.09 bits per heavy atom. The molecule has 0 spiro atoms. The zero-order valence-corrected chi connectivity index (χ0v) is 6.59. The molecule has 0 amide bonds. The van der Waals surface area contributed by atoms with E-state index in [9.17, 15) is 0 Å². The molecule has 56 valence electrons. The van der Waals surface area contributed by atoms with Crippen LogP contribution in [0.3, 0.4) is 0 Å². The van der Waals surface area contributed by atoms with Crippen LogP contribution in [-0.2, 0) is 6.42 Å². The molecule has 1 fully saturated rings. The fourth-order valence-electron chi connectivity index (χ4n) is 2.23. The Morgan fingerprint density at radius 2 is 2.27 bits per heavy atom. The summed E-state index contributed by atoms with van der Waals surface area (Å²) in [6, 6.07) is 9.41. The topological polar surface area (TPSA) is 21.9 Å². The van der Waals surface area contributed by atoms with Gasteiger partial charge in [0.15, 0.2) is 0 Å². The van der Waals surface area contributed by atoms with E-state index in [-0.39, 0.29) is 0 Å². The van der Waals surface area contributed by atoms with E-state index in [0.717, 1.165) is 0 Å². The molecule has 0 aromatic heterocycles. The molecule has 1 nitrogen and oxygen atoms in total. The summed E-state index contributed by atoms with van der Waals surface area (Å²) < 4.78 is 0. The lowest BCUT2D eigenvalue weighted by Crippen LogP contribution is -2.10. The molecule has 1 aliphatic heterocycles. The van der Waals surface area contributed by atoms with E-state index in [2.05, 4.69) is 36.5 Å². The van der Waals surface area contributed by atoms with Gasteiger partial charge in [0, 0.05) is 5.54 Å². The van der Waals surface area contributed by atoms with E-state index in [1.54, 1.807) is 5.56 Å². The molecule has 0 radical (unpaired) electrons. The second-order valence-electron chi connectivity index (χ2n) is 3.87. The summed E-state index contributed by atoms with van der Waals surface area (Å²) in [7, 11) is 0. The average molecular weight is 145 g/mol. The molecule has 1 aromatic rings. The van der Waals surface area contributed by atoms with Gasteiger partial charge in [-0.15, -0.1) is 0 Å². The molecule has 1 aromatic carbocycles. The van der Waals surface area contributed by atoms with Crippen molar-refractivity contribution in [2.45, 2.75) is 24.9 Å². The highest BCUT2D eigenvalue weighted by Gasteiger charge is 2.55. The Balaban J connectivity index is 2.18. The first kappa shape index (κ1) is 5.78. The van der Waals surface area contributed by atoms with Gasteiger partial charge in [-0.25, -0.2) is 0 Å². The molecular weight excluding hydrogens is 134 g/mol. The zero-order valence-electron chi connectivity index (χ0n) is 6.59. The van der Waals surface area contributed by atoms with Crippen LogP contribution in [-0.4, -0.2) is 5.54 Å². The van der Waals surface area contributed by atoms with Crippen LogP contribution in [0.5, 0.6) is 0 Å². The summed E-state index contributed by atoms with van der Waals surface area (Å²) in [5, 5.41) is 3.50. The lowest BCUT2D eigenvalue weighted by Gasteiger charge is -2.01. The van der Waals surface area contributed by atoms with Crippen molar-refractivity contribution in [1.82, 2.24) is 5.32 Å². The van der Waals surface area contributed by atoms with Gasteiger partial charge in [-0.2, -0.15) is 0 Å². The number of rotatable bonds is 0. The summed E-state index contributed by atoms with van der Waals surface area (Å²) in [5.74, 6) is 0. The van der Waals surface area contributed by atoms with Crippen LogP contribution >= 0.6 is 0 Å². The molecule has 0 saturated carbocycles. The third-order valence-electron chi connectivity index (χ3n) is 2.95. The SMILES string of the molecule is CC12Cc3ccccc3C1N2. The van der Waals surface area contributed by atoms with Crippen LogP contribution in [0.25, 0.3) is 0 Å². The number of hydrogen-bond donors (Lipinski definition) is 1. The molecule has 0 bridgehead atoms. The maximum absolute atomic E-state index is 3.50. The van der Waals surface area contributed by atoms with Gasteiger partial charge in [-0.3, -0.25) is 0 Å². The van der Waals surface area contributed by atoms with Gasteiger partial charge in [0.05, 0.1) is 6.04 Å². The van der Waals surface area contributed by atoms with Crippen molar-refractivity contribution >= 4 is 0 Å². The smallest absolute Gasteiger partial charge is 0.0513 e. The van der Waals surface area contributed by atoms with E-state index in [1.165, 1.54) is 12.0 Å². The van der Waals surface area contributed by atoms with Crippen LogP contribution in [0.4, 0.5) is 0 Å². The molecule has 1 saturated heterocycles. The first-order chi connectivity index (χ1) is 5.30. The molecule has 11 heavy (non-hydrogen) atoms. The molecule has 2 aliphatic rings. The van der Waals surface area contributed by atoms with E-state index >= 15 is 0 Å². The fourth-order valence-corrected chi connectivity index (χ4v) is 2.23. The van der Waals surface area contributed by atoms with Crippen molar-refractivity contribution in [2.75, 3.05) is 0 Å². The quantitative estimate of drug-likeness (QED) is 0.551. The van der Waals surface area contributed by atoms with Crippen LogP contribution in [0, 0.1) is 0 Å². The van der Waals surface area contributed by atoms with Crippen molar-refractivity contribution in [3.63, 3.8) is 0 Å². The fraction of sp³-hybridized carbons (Fsp3) is 0.400. The lowest BCUT2D eigenvalue weighted by molar-refractivity contribution is 0.698. The van der Waals surface area contributed by atoms with Crippen LogP contribution in [0.1, 0.15) is 24.1 Å². The standard InChI is InChI=1S/C10H11N/c1-10-6-7-4-2-3-5-8(7)9(10)11-10/h2-5,9,11H,6H2,1H3. The molecule has 1 aliphatic carbocycles. The first-order valence-corrected chi connectivity index (χ1v) is 4.15. The summed E-state index contributed by atoms with van der Waals surface area (Å²) in [4.78, 5) is 0. The highest BCUT2D eigenvalue weighted by Crippen LogP contribution is 2.50. The van der Waals surface area contributed by atoms with E-state index in [0.29, 0.717) is 11.6 Å². The molecule has 2 atom stereocenters. The molecule has 3 rings (SSSR count). The molecule has 1 N–H and O–H groups in total. The van der Waals surface area contributed by atoms with Gasteiger partial charge >= 0.3 is 0 Å². The first-order valence-electron chi connectivity index (χ1n) is 4.15. The summed E-state index contributed by atoms with van der Waals surface area (Å²) in [5.41, 5.74) is 3.48. The van der Waals surface area contributed by atoms with Crippen LogP contribution < -0.4 is 5.32 Å². The van der Waals surface area contributed by atoms with Gasteiger partial charge in [0.2, 0.25) is 0 Å². The maximum Gasteiger partial charge on any atom is 0.0513 e. The highest BCUT2D eigenvalue weighted by atomic mass is 15.2. The normalized spacial score (nSPS) is 38.1. The number of nitrogens with one attached hydrogen (secondary N) is 1. The third-order valence-corrected chi connectivity index (χ3v) is 2.95. The summed E-state index contributed by atoms with van der Waals surface area (Å²) in [6.07, 6.45) is 1.22. The number of fused-ring (bicyclic) bond motifs is 3. The minimum atomic E-state index is 0.420. The Kier molecular flexibility index (Phi) is 0.793. The molecule has 2 unspecified atom stereocenters.